The van der Waals surface area contributed by atoms with Crippen molar-refractivity contribution < 1.29 is 28.3 Å². The molecule has 0 spiro atoms. The van der Waals surface area contributed by atoms with Crippen LogP contribution in [0.15, 0.2) is 52.0 Å². The lowest BCUT2D eigenvalue weighted by Crippen LogP contribution is -2.39. The van der Waals surface area contributed by atoms with Gasteiger partial charge in [0.05, 0.1) is 18.5 Å². The largest absolute Gasteiger partial charge is 0.459 e. The molecule has 1 heterocycles. The van der Waals surface area contributed by atoms with E-state index in [2.05, 4.69) is 16.0 Å². The van der Waals surface area contributed by atoms with E-state index in [4.69, 9.17) is 9.15 Å². The van der Waals surface area contributed by atoms with Crippen LogP contribution in [0.2, 0.25) is 0 Å². The summed E-state index contributed by atoms with van der Waals surface area (Å²) in [4.78, 5) is 47.6. The Kier molecular flexibility index (Phi) is 8.10. The maximum absolute atomic E-state index is 11.9. The van der Waals surface area contributed by atoms with E-state index < -0.39 is 36.8 Å². The Hall–Kier alpha value is -3.27. The van der Waals surface area contributed by atoms with E-state index in [0.29, 0.717) is 5.69 Å². The maximum atomic E-state index is 11.9. The zero-order valence-corrected chi connectivity index (χ0v) is 15.8. The number of thioether (sulfide) groups is 1. The molecular weight excluding hydrogens is 386 g/mol. The Morgan fingerprint density at radius 1 is 1.00 bits per heavy atom. The Morgan fingerprint density at radius 3 is 2.50 bits per heavy atom. The molecule has 0 unspecified atom stereocenters. The number of ether oxygens (including phenoxy) is 1. The standard InChI is InChI=1S/C18H19N3O6S/c1-28-14-7-3-2-5-12(14)21-16(23)11-27-17(24)10-19-15(22)9-20-18(25)13-6-4-8-26-13/h2-8H,9-11H2,1H3,(H,19,22)(H,20,25)(H,21,23). The number of hydrogen-bond acceptors (Lipinski definition) is 7. The normalized spacial score (nSPS) is 10.0. The molecule has 3 N–H and O–H groups in total. The summed E-state index contributed by atoms with van der Waals surface area (Å²) in [5, 5.41) is 7.26. The Balaban J connectivity index is 1.64. The van der Waals surface area contributed by atoms with Gasteiger partial charge in [0, 0.05) is 4.90 Å². The summed E-state index contributed by atoms with van der Waals surface area (Å²) in [6, 6.07) is 10.2. The van der Waals surface area contributed by atoms with Crippen LogP contribution >= 0.6 is 11.8 Å². The molecule has 148 valence electrons. The van der Waals surface area contributed by atoms with Crippen LogP contribution in [0.1, 0.15) is 10.6 Å². The van der Waals surface area contributed by atoms with E-state index in [1.807, 2.05) is 18.4 Å². The van der Waals surface area contributed by atoms with Gasteiger partial charge in [0.1, 0.15) is 6.54 Å². The van der Waals surface area contributed by atoms with Gasteiger partial charge in [-0.1, -0.05) is 12.1 Å². The highest BCUT2D eigenvalue weighted by molar-refractivity contribution is 7.98. The molecule has 2 aromatic rings. The van der Waals surface area contributed by atoms with Gasteiger partial charge in [0.15, 0.2) is 12.4 Å². The van der Waals surface area contributed by atoms with E-state index in [-0.39, 0.29) is 12.3 Å². The van der Waals surface area contributed by atoms with Crippen molar-refractivity contribution in [2.24, 2.45) is 0 Å². The van der Waals surface area contributed by atoms with Crippen molar-refractivity contribution in [3.63, 3.8) is 0 Å². The van der Waals surface area contributed by atoms with Crippen molar-refractivity contribution in [3.8, 4) is 0 Å². The molecule has 0 aliphatic carbocycles. The van der Waals surface area contributed by atoms with Gasteiger partial charge in [-0.3, -0.25) is 19.2 Å². The molecule has 0 aliphatic rings. The molecule has 9 nitrogen and oxygen atoms in total. The molecular formula is C18H19N3O6S. The summed E-state index contributed by atoms with van der Waals surface area (Å²) in [6.07, 6.45) is 3.21. The van der Waals surface area contributed by atoms with Crippen molar-refractivity contribution in [3.05, 3.63) is 48.4 Å². The number of para-hydroxylation sites is 1. The van der Waals surface area contributed by atoms with Crippen LogP contribution in [0.4, 0.5) is 5.69 Å². The predicted octanol–water partition coefficient (Wildman–Crippen LogP) is 1.03. The minimum atomic E-state index is -0.779. The van der Waals surface area contributed by atoms with Gasteiger partial charge in [0.25, 0.3) is 11.8 Å². The average Bonchev–Trinajstić information content (AvgIpc) is 3.24. The smallest absolute Gasteiger partial charge is 0.325 e. The second kappa shape index (κ2) is 10.8. The molecule has 3 amide bonds. The van der Waals surface area contributed by atoms with Gasteiger partial charge in [0.2, 0.25) is 5.91 Å². The monoisotopic (exact) mass is 405 g/mol. The van der Waals surface area contributed by atoms with Gasteiger partial charge in [-0.15, -0.1) is 11.8 Å². The van der Waals surface area contributed by atoms with Crippen molar-refractivity contribution in [2.45, 2.75) is 4.90 Å². The number of esters is 1. The van der Waals surface area contributed by atoms with Gasteiger partial charge in [-0.05, 0) is 30.5 Å². The number of rotatable bonds is 9. The summed E-state index contributed by atoms with van der Waals surface area (Å²) in [5.41, 5.74) is 0.622. The van der Waals surface area contributed by atoms with Gasteiger partial charge in [-0.25, -0.2) is 0 Å². The molecule has 0 saturated heterocycles. The molecule has 0 saturated carbocycles. The lowest BCUT2D eigenvalue weighted by Gasteiger charge is -2.10. The second-order valence-corrected chi connectivity index (χ2v) is 6.19. The number of anilines is 1. The maximum Gasteiger partial charge on any atom is 0.325 e. The number of benzene rings is 1. The van der Waals surface area contributed by atoms with E-state index in [0.717, 1.165) is 4.90 Å². The van der Waals surface area contributed by atoms with Crippen molar-refractivity contribution >= 4 is 41.1 Å². The fourth-order valence-electron chi connectivity index (χ4n) is 2.02. The number of nitrogens with one attached hydrogen (secondary N) is 3. The average molecular weight is 405 g/mol. The summed E-state index contributed by atoms with van der Waals surface area (Å²) in [5.74, 6) is -2.34. The number of amides is 3. The SMILES string of the molecule is CSc1ccccc1NC(=O)COC(=O)CNC(=O)CNC(=O)c1ccco1. The molecule has 1 aromatic carbocycles. The zero-order chi connectivity index (χ0) is 20.4. The molecule has 0 atom stereocenters. The first kappa shape index (κ1) is 21.0. The third kappa shape index (κ3) is 6.80. The van der Waals surface area contributed by atoms with Gasteiger partial charge < -0.3 is 25.1 Å². The summed E-state index contributed by atoms with van der Waals surface area (Å²) in [7, 11) is 0. The number of hydrogen-bond donors (Lipinski definition) is 3. The van der Waals surface area contributed by atoms with E-state index in [1.165, 1.54) is 24.1 Å². The third-order valence-corrected chi connectivity index (χ3v) is 4.13. The van der Waals surface area contributed by atoms with Gasteiger partial charge in [-0.2, -0.15) is 0 Å². The van der Waals surface area contributed by atoms with Crippen LogP contribution in [-0.4, -0.2) is 49.6 Å². The second-order valence-electron chi connectivity index (χ2n) is 5.35. The topological polar surface area (TPSA) is 127 Å². The Bertz CT molecular complexity index is 838. The number of carbonyl (C=O) groups excluding carboxylic acids is 4. The summed E-state index contributed by atoms with van der Waals surface area (Å²) >= 11 is 1.47. The highest BCUT2D eigenvalue weighted by atomic mass is 32.2. The fourth-order valence-corrected chi connectivity index (χ4v) is 2.57. The molecule has 10 heteroatoms. The summed E-state index contributed by atoms with van der Waals surface area (Å²) < 4.78 is 9.69. The zero-order valence-electron chi connectivity index (χ0n) is 15.0. The Labute approximate surface area is 165 Å². The molecule has 1 aromatic heterocycles. The van der Waals surface area contributed by atoms with Crippen LogP contribution in [0.5, 0.6) is 0 Å². The van der Waals surface area contributed by atoms with Crippen LogP contribution in [0, 0.1) is 0 Å². The molecule has 0 aliphatic heterocycles. The van der Waals surface area contributed by atoms with E-state index >= 15 is 0 Å². The Morgan fingerprint density at radius 2 is 1.79 bits per heavy atom. The van der Waals surface area contributed by atoms with Crippen molar-refractivity contribution in [1.29, 1.82) is 0 Å². The minimum Gasteiger partial charge on any atom is -0.459 e. The van der Waals surface area contributed by atoms with E-state index in [9.17, 15) is 19.2 Å². The molecule has 0 radical (unpaired) electrons. The van der Waals surface area contributed by atoms with Crippen LogP contribution < -0.4 is 16.0 Å². The van der Waals surface area contributed by atoms with Crippen molar-refractivity contribution in [1.82, 2.24) is 10.6 Å². The number of furan rings is 1. The highest BCUT2D eigenvalue weighted by Crippen LogP contribution is 2.24. The molecule has 0 fully saturated rings. The highest BCUT2D eigenvalue weighted by Gasteiger charge is 2.13. The van der Waals surface area contributed by atoms with Gasteiger partial charge >= 0.3 is 5.97 Å². The summed E-state index contributed by atoms with van der Waals surface area (Å²) in [6.45, 7) is -1.24. The van der Waals surface area contributed by atoms with Crippen LogP contribution in [0.3, 0.4) is 0 Å². The third-order valence-electron chi connectivity index (χ3n) is 3.33. The fraction of sp³-hybridized carbons (Fsp3) is 0.222. The van der Waals surface area contributed by atoms with Crippen molar-refractivity contribution in [2.75, 3.05) is 31.3 Å². The molecule has 2 rings (SSSR count). The minimum absolute atomic E-state index is 0.0706. The lowest BCUT2D eigenvalue weighted by atomic mass is 10.3. The first-order valence-electron chi connectivity index (χ1n) is 8.16. The quantitative estimate of drug-likeness (QED) is 0.420. The lowest BCUT2D eigenvalue weighted by molar-refractivity contribution is -0.147. The van der Waals surface area contributed by atoms with Crippen LogP contribution in [-0.2, 0) is 19.1 Å². The molecule has 0 bridgehead atoms. The molecule has 28 heavy (non-hydrogen) atoms. The predicted molar refractivity (Wildman–Crippen MR) is 102 cm³/mol. The van der Waals surface area contributed by atoms with E-state index in [1.54, 1.807) is 18.2 Å². The first-order chi connectivity index (χ1) is 13.5. The number of carbonyl (C=O) groups is 4. The first-order valence-corrected chi connectivity index (χ1v) is 9.39. The van der Waals surface area contributed by atoms with Crippen LogP contribution in [0.25, 0.3) is 0 Å².